The fourth-order valence-corrected chi connectivity index (χ4v) is 2.78. The molecule has 0 saturated heterocycles. The van der Waals surface area contributed by atoms with Crippen molar-refractivity contribution >= 4 is 22.7 Å². The average molecular weight is 272 g/mol. The zero-order valence-electron chi connectivity index (χ0n) is 11.9. The first-order valence-electron chi connectivity index (χ1n) is 7.04. The van der Waals surface area contributed by atoms with Crippen molar-refractivity contribution < 1.29 is 4.74 Å². The maximum atomic E-state index is 5.43. The third-order valence-electron chi connectivity index (χ3n) is 3.89. The van der Waals surface area contributed by atoms with Crippen molar-refractivity contribution in [2.45, 2.75) is 31.4 Å². The molecule has 0 bridgehead atoms. The highest BCUT2D eigenvalue weighted by molar-refractivity contribution is 5.90. The summed E-state index contributed by atoms with van der Waals surface area (Å²) in [5.41, 5.74) is 0.954. The highest BCUT2D eigenvalue weighted by Gasteiger charge is 2.25. The van der Waals surface area contributed by atoms with E-state index in [1.165, 1.54) is 0 Å². The minimum absolute atomic E-state index is 0.365. The van der Waals surface area contributed by atoms with E-state index in [4.69, 9.17) is 4.74 Å². The Bertz CT molecular complexity index is 601. The molecule has 2 unspecified atom stereocenters. The van der Waals surface area contributed by atoms with Gasteiger partial charge in [-0.1, -0.05) is 12.1 Å². The molecule has 1 aliphatic rings. The Morgan fingerprint density at radius 1 is 1.20 bits per heavy atom. The summed E-state index contributed by atoms with van der Waals surface area (Å²) < 4.78 is 5.43. The summed E-state index contributed by atoms with van der Waals surface area (Å²) in [6, 6.07) is 8.50. The number of methoxy groups -OCH3 is 1. The molecule has 1 aromatic carbocycles. The molecule has 1 fully saturated rings. The number of nitrogens with zero attached hydrogens (tertiary/aromatic N) is 2. The molecular formula is C15H20N4O. The van der Waals surface area contributed by atoms with Crippen LogP contribution in [0.3, 0.4) is 0 Å². The van der Waals surface area contributed by atoms with Gasteiger partial charge in [0.1, 0.15) is 5.82 Å². The molecular weight excluding hydrogens is 252 g/mol. The second-order valence-corrected chi connectivity index (χ2v) is 5.17. The lowest BCUT2D eigenvalue weighted by Gasteiger charge is -2.16. The molecule has 0 radical (unpaired) electrons. The Hall–Kier alpha value is -1.88. The molecule has 3 rings (SSSR count). The zero-order valence-corrected chi connectivity index (χ0v) is 11.9. The van der Waals surface area contributed by atoms with Crippen molar-refractivity contribution in [3.63, 3.8) is 0 Å². The molecule has 2 aromatic rings. The third kappa shape index (κ3) is 2.54. The lowest BCUT2D eigenvalue weighted by Crippen LogP contribution is -2.18. The second kappa shape index (κ2) is 5.63. The molecule has 1 saturated carbocycles. The minimum Gasteiger partial charge on any atom is -0.381 e. The van der Waals surface area contributed by atoms with Crippen molar-refractivity contribution in [1.29, 1.82) is 0 Å². The number of para-hydroxylation sites is 1. The van der Waals surface area contributed by atoms with E-state index in [9.17, 15) is 0 Å². The molecule has 2 N–H and O–H groups in total. The first-order chi connectivity index (χ1) is 9.80. The standard InChI is InChI=1S/C15H20N4O/c1-16-15-18-13-6-4-3-5-12(13)14(19-15)17-10-7-8-11(9-10)20-2/h3-6,10-11H,7-9H2,1-2H3,(H2,16,17,18,19). The van der Waals surface area contributed by atoms with Gasteiger partial charge in [0.15, 0.2) is 0 Å². The van der Waals surface area contributed by atoms with E-state index in [1.807, 2.05) is 25.2 Å². The molecule has 1 heterocycles. The van der Waals surface area contributed by atoms with Crippen molar-refractivity contribution in [1.82, 2.24) is 9.97 Å². The van der Waals surface area contributed by atoms with E-state index >= 15 is 0 Å². The lowest BCUT2D eigenvalue weighted by molar-refractivity contribution is 0.108. The number of nitrogens with one attached hydrogen (secondary N) is 2. The van der Waals surface area contributed by atoms with E-state index in [0.29, 0.717) is 18.1 Å². The van der Waals surface area contributed by atoms with Gasteiger partial charge in [0, 0.05) is 25.6 Å². The number of aromatic nitrogens is 2. The molecule has 5 heteroatoms. The van der Waals surface area contributed by atoms with Crippen LogP contribution in [0, 0.1) is 0 Å². The number of hydrogen-bond donors (Lipinski definition) is 2. The van der Waals surface area contributed by atoms with Crippen molar-refractivity contribution in [2.24, 2.45) is 0 Å². The third-order valence-corrected chi connectivity index (χ3v) is 3.89. The highest BCUT2D eigenvalue weighted by atomic mass is 16.5. The van der Waals surface area contributed by atoms with Crippen LogP contribution in [-0.2, 0) is 4.74 Å². The van der Waals surface area contributed by atoms with Gasteiger partial charge in [0.25, 0.3) is 0 Å². The molecule has 0 spiro atoms. The number of hydrogen-bond acceptors (Lipinski definition) is 5. The van der Waals surface area contributed by atoms with Gasteiger partial charge in [-0.3, -0.25) is 0 Å². The van der Waals surface area contributed by atoms with Crippen molar-refractivity contribution in [2.75, 3.05) is 24.8 Å². The molecule has 5 nitrogen and oxygen atoms in total. The topological polar surface area (TPSA) is 59.1 Å². The summed E-state index contributed by atoms with van der Waals surface area (Å²) in [6.07, 6.45) is 3.62. The van der Waals surface area contributed by atoms with Gasteiger partial charge in [-0.05, 0) is 31.4 Å². The van der Waals surface area contributed by atoms with Gasteiger partial charge >= 0.3 is 0 Å². The van der Waals surface area contributed by atoms with Gasteiger partial charge < -0.3 is 15.4 Å². The first kappa shape index (κ1) is 13.1. The van der Waals surface area contributed by atoms with E-state index in [-0.39, 0.29) is 0 Å². The fourth-order valence-electron chi connectivity index (χ4n) is 2.78. The smallest absolute Gasteiger partial charge is 0.224 e. The quantitative estimate of drug-likeness (QED) is 0.896. The predicted octanol–water partition coefficient (Wildman–Crippen LogP) is 2.65. The Balaban J connectivity index is 1.90. The van der Waals surface area contributed by atoms with Crippen LogP contribution in [-0.4, -0.2) is 36.3 Å². The number of fused-ring (bicyclic) bond motifs is 1. The van der Waals surface area contributed by atoms with Gasteiger partial charge in [0.2, 0.25) is 5.95 Å². The minimum atomic E-state index is 0.365. The van der Waals surface area contributed by atoms with Crippen LogP contribution >= 0.6 is 0 Å². The highest BCUT2D eigenvalue weighted by Crippen LogP contribution is 2.28. The normalized spacial score (nSPS) is 22.1. The van der Waals surface area contributed by atoms with Crippen LogP contribution in [0.5, 0.6) is 0 Å². The summed E-state index contributed by atoms with van der Waals surface area (Å²) >= 11 is 0. The monoisotopic (exact) mass is 272 g/mol. The Morgan fingerprint density at radius 2 is 2.05 bits per heavy atom. The maximum Gasteiger partial charge on any atom is 0.224 e. The zero-order chi connectivity index (χ0) is 13.9. The Morgan fingerprint density at radius 3 is 2.80 bits per heavy atom. The predicted molar refractivity (Wildman–Crippen MR) is 81.1 cm³/mol. The summed E-state index contributed by atoms with van der Waals surface area (Å²) in [6.45, 7) is 0. The van der Waals surface area contributed by atoms with Crippen LogP contribution in [0.25, 0.3) is 10.9 Å². The summed E-state index contributed by atoms with van der Waals surface area (Å²) in [4.78, 5) is 9.03. The SMILES string of the molecule is CNc1nc(NC2CCC(OC)C2)c2ccccc2n1. The molecule has 2 atom stereocenters. The van der Waals surface area contributed by atoms with Crippen molar-refractivity contribution in [3.05, 3.63) is 24.3 Å². The molecule has 106 valence electrons. The number of rotatable bonds is 4. The second-order valence-electron chi connectivity index (χ2n) is 5.17. The van der Waals surface area contributed by atoms with Gasteiger partial charge in [0.05, 0.1) is 11.6 Å². The fraction of sp³-hybridized carbons (Fsp3) is 0.467. The van der Waals surface area contributed by atoms with Crippen LogP contribution in [0.2, 0.25) is 0 Å². The van der Waals surface area contributed by atoms with Gasteiger partial charge in [-0.25, -0.2) is 4.98 Å². The Labute approximate surface area is 118 Å². The van der Waals surface area contributed by atoms with Crippen LogP contribution in [0.1, 0.15) is 19.3 Å². The molecule has 0 amide bonds. The van der Waals surface area contributed by atoms with Crippen LogP contribution < -0.4 is 10.6 Å². The summed E-state index contributed by atoms with van der Waals surface area (Å²) in [5.74, 6) is 1.55. The average Bonchev–Trinajstić information content (AvgIpc) is 2.94. The van der Waals surface area contributed by atoms with E-state index < -0.39 is 0 Å². The van der Waals surface area contributed by atoms with Crippen LogP contribution in [0.4, 0.5) is 11.8 Å². The molecule has 20 heavy (non-hydrogen) atoms. The molecule has 0 aliphatic heterocycles. The number of ether oxygens (including phenoxy) is 1. The molecule has 1 aliphatic carbocycles. The maximum absolute atomic E-state index is 5.43. The van der Waals surface area contributed by atoms with E-state index in [1.54, 1.807) is 7.11 Å². The van der Waals surface area contributed by atoms with Crippen molar-refractivity contribution in [3.8, 4) is 0 Å². The Kier molecular flexibility index (Phi) is 3.69. The number of anilines is 2. The summed E-state index contributed by atoms with van der Waals surface area (Å²) in [7, 11) is 3.62. The summed E-state index contributed by atoms with van der Waals surface area (Å²) in [5, 5.41) is 7.63. The van der Waals surface area contributed by atoms with E-state index in [2.05, 4.69) is 26.7 Å². The van der Waals surface area contributed by atoms with E-state index in [0.717, 1.165) is 36.0 Å². The first-order valence-corrected chi connectivity index (χ1v) is 7.04. The number of benzene rings is 1. The lowest BCUT2D eigenvalue weighted by atomic mass is 10.2. The largest absolute Gasteiger partial charge is 0.381 e. The van der Waals surface area contributed by atoms with Gasteiger partial charge in [-0.15, -0.1) is 0 Å². The van der Waals surface area contributed by atoms with Crippen LogP contribution in [0.15, 0.2) is 24.3 Å². The molecule has 1 aromatic heterocycles. The van der Waals surface area contributed by atoms with Gasteiger partial charge in [-0.2, -0.15) is 4.98 Å².